The SMILES string of the molecule is O=Cc1ccc(-c2cccc(C#CC(=O)O)c2)o1. The molecule has 0 amide bonds. The van der Waals surface area contributed by atoms with Crippen molar-refractivity contribution in [1.82, 2.24) is 0 Å². The second-order valence-electron chi connectivity index (χ2n) is 3.46. The zero-order valence-corrected chi connectivity index (χ0v) is 9.21. The minimum atomic E-state index is -1.18. The minimum Gasteiger partial charge on any atom is -0.472 e. The Bertz CT molecular complexity index is 656. The zero-order chi connectivity index (χ0) is 13.0. The summed E-state index contributed by atoms with van der Waals surface area (Å²) in [6.07, 6.45) is 0.623. The summed E-state index contributed by atoms with van der Waals surface area (Å²) in [5.74, 6) is 4.15. The summed E-state index contributed by atoms with van der Waals surface area (Å²) in [5.41, 5.74) is 1.30. The van der Waals surface area contributed by atoms with Crippen molar-refractivity contribution in [3.05, 3.63) is 47.7 Å². The largest absolute Gasteiger partial charge is 0.472 e. The maximum Gasteiger partial charge on any atom is 0.382 e. The number of aliphatic carboxylic acids is 1. The highest BCUT2D eigenvalue weighted by molar-refractivity contribution is 5.87. The lowest BCUT2D eigenvalue weighted by molar-refractivity contribution is -0.130. The molecule has 18 heavy (non-hydrogen) atoms. The normalized spacial score (nSPS) is 9.33. The van der Waals surface area contributed by atoms with Gasteiger partial charge in [-0.25, -0.2) is 4.79 Å². The van der Waals surface area contributed by atoms with E-state index in [2.05, 4.69) is 5.92 Å². The molecule has 0 spiro atoms. The second kappa shape index (κ2) is 5.02. The van der Waals surface area contributed by atoms with Gasteiger partial charge in [-0.3, -0.25) is 4.79 Å². The Labute approximate surface area is 103 Å². The van der Waals surface area contributed by atoms with Crippen LogP contribution in [0.1, 0.15) is 16.1 Å². The molecule has 0 unspecified atom stereocenters. The van der Waals surface area contributed by atoms with E-state index in [-0.39, 0.29) is 5.76 Å². The summed E-state index contributed by atoms with van der Waals surface area (Å²) < 4.78 is 5.27. The molecule has 0 aliphatic carbocycles. The molecule has 1 aromatic carbocycles. The smallest absolute Gasteiger partial charge is 0.382 e. The van der Waals surface area contributed by atoms with Crippen molar-refractivity contribution < 1.29 is 19.1 Å². The number of hydrogen-bond donors (Lipinski definition) is 1. The molecule has 2 aromatic rings. The molecule has 0 fully saturated rings. The third-order valence-electron chi connectivity index (χ3n) is 2.20. The van der Waals surface area contributed by atoms with E-state index in [1.807, 2.05) is 5.92 Å². The Hall–Kier alpha value is -2.80. The van der Waals surface area contributed by atoms with Crippen molar-refractivity contribution in [3.8, 4) is 23.2 Å². The van der Waals surface area contributed by atoms with Crippen LogP contribution in [-0.4, -0.2) is 17.4 Å². The first-order valence-corrected chi connectivity index (χ1v) is 5.09. The Morgan fingerprint density at radius 2 is 2.11 bits per heavy atom. The molecule has 1 aromatic heterocycles. The number of carboxylic acid groups (broad SMARTS) is 1. The van der Waals surface area contributed by atoms with Crippen molar-refractivity contribution in [3.63, 3.8) is 0 Å². The summed E-state index contributed by atoms with van der Waals surface area (Å²) in [7, 11) is 0. The van der Waals surface area contributed by atoms with Gasteiger partial charge in [-0.2, -0.15) is 0 Å². The maximum absolute atomic E-state index is 10.5. The second-order valence-corrected chi connectivity index (χ2v) is 3.46. The van der Waals surface area contributed by atoms with E-state index in [9.17, 15) is 9.59 Å². The van der Waals surface area contributed by atoms with Gasteiger partial charge in [0.05, 0.1) is 0 Å². The highest BCUT2D eigenvalue weighted by Crippen LogP contribution is 2.22. The molecule has 0 aliphatic rings. The summed E-state index contributed by atoms with van der Waals surface area (Å²) >= 11 is 0. The van der Waals surface area contributed by atoms with Gasteiger partial charge in [-0.15, -0.1) is 0 Å². The summed E-state index contributed by atoms with van der Waals surface area (Å²) in [5, 5.41) is 8.47. The Kier molecular flexibility index (Phi) is 3.26. The van der Waals surface area contributed by atoms with Crippen LogP contribution < -0.4 is 0 Å². The maximum atomic E-state index is 10.5. The number of hydrogen-bond acceptors (Lipinski definition) is 3. The first-order chi connectivity index (χ1) is 8.69. The van der Waals surface area contributed by atoms with Gasteiger partial charge in [0.15, 0.2) is 12.0 Å². The van der Waals surface area contributed by atoms with E-state index in [0.29, 0.717) is 17.6 Å². The lowest BCUT2D eigenvalue weighted by Gasteiger charge is -1.97. The van der Waals surface area contributed by atoms with E-state index < -0.39 is 5.97 Å². The number of carbonyl (C=O) groups excluding carboxylic acids is 1. The van der Waals surface area contributed by atoms with Crippen molar-refractivity contribution in [1.29, 1.82) is 0 Å². The fourth-order valence-electron chi connectivity index (χ4n) is 1.45. The number of furan rings is 1. The molecule has 0 atom stereocenters. The van der Waals surface area contributed by atoms with Crippen LogP contribution >= 0.6 is 0 Å². The molecule has 4 nitrogen and oxygen atoms in total. The van der Waals surface area contributed by atoms with Gasteiger partial charge in [-0.1, -0.05) is 18.1 Å². The summed E-state index contributed by atoms with van der Waals surface area (Å²) in [4.78, 5) is 20.9. The van der Waals surface area contributed by atoms with Crippen LogP contribution in [0.3, 0.4) is 0 Å². The number of carboxylic acids is 1. The van der Waals surface area contributed by atoms with E-state index in [1.54, 1.807) is 36.4 Å². The van der Waals surface area contributed by atoms with Crippen LogP contribution in [0.5, 0.6) is 0 Å². The van der Waals surface area contributed by atoms with Gasteiger partial charge in [-0.05, 0) is 24.3 Å². The van der Waals surface area contributed by atoms with Crippen LogP contribution in [0, 0.1) is 11.8 Å². The summed E-state index contributed by atoms with van der Waals surface area (Å²) in [6, 6.07) is 10.2. The highest BCUT2D eigenvalue weighted by Gasteiger charge is 2.04. The Morgan fingerprint density at radius 3 is 2.78 bits per heavy atom. The van der Waals surface area contributed by atoms with Crippen molar-refractivity contribution in [2.75, 3.05) is 0 Å². The predicted molar refractivity (Wildman–Crippen MR) is 64.0 cm³/mol. The molecular formula is C14H8O4. The van der Waals surface area contributed by atoms with Crippen molar-refractivity contribution in [2.45, 2.75) is 0 Å². The van der Waals surface area contributed by atoms with E-state index in [0.717, 1.165) is 5.56 Å². The zero-order valence-electron chi connectivity index (χ0n) is 9.21. The van der Waals surface area contributed by atoms with Gasteiger partial charge < -0.3 is 9.52 Å². The minimum absolute atomic E-state index is 0.243. The van der Waals surface area contributed by atoms with Gasteiger partial charge in [0.1, 0.15) is 5.76 Å². The van der Waals surface area contributed by atoms with Crippen LogP contribution in [0.15, 0.2) is 40.8 Å². The first-order valence-electron chi connectivity index (χ1n) is 5.09. The van der Waals surface area contributed by atoms with E-state index in [4.69, 9.17) is 9.52 Å². The fourth-order valence-corrected chi connectivity index (χ4v) is 1.45. The lowest BCUT2D eigenvalue weighted by Crippen LogP contribution is -1.87. The van der Waals surface area contributed by atoms with Gasteiger partial charge in [0.25, 0.3) is 0 Å². The monoisotopic (exact) mass is 240 g/mol. The highest BCUT2D eigenvalue weighted by atomic mass is 16.4. The number of benzene rings is 1. The molecule has 1 heterocycles. The van der Waals surface area contributed by atoms with E-state index >= 15 is 0 Å². The summed E-state index contributed by atoms with van der Waals surface area (Å²) in [6.45, 7) is 0. The average molecular weight is 240 g/mol. The molecule has 1 N–H and O–H groups in total. The topological polar surface area (TPSA) is 67.5 Å². The van der Waals surface area contributed by atoms with Crippen LogP contribution in [0.2, 0.25) is 0 Å². The molecule has 0 saturated heterocycles. The quantitative estimate of drug-likeness (QED) is 0.645. The number of carbonyl (C=O) groups is 2. The molecule has 2 rings (SSSR count). The predicted octanol–water partition coefficient (Wildman–Crippen LogP) is 2.20. The first kappa shape index (κ1) is 11.7. The third kappa shape index (κ3) is 2.66. The van der Waals surface area contributed by atoms with Gasteiger partial charge in [0, 0.05) is 17.0 Å². The lowest BCUT2D eigenvalue weighted by atomic mass is 10.1. The fraction of sp³-hybridized carbons (Fsp3) is 0. The van der Waals surface area contributed by atoms with Gasteiger partial charge in [0.2, 0.25) is 0 Å². The van der Waals surface area contributed by atoms with Crippen LogP contribution in [0.4, 0.5) is 0 Å². The number of rotatable bonds is 2. The number of aldehydes is 1. The molecule has 0 aliphatic heterocycles. The molecule has 0 bridgehead atoms. The standard InChI is InChI=1S/C14H8O4/c15-9-12-5-6-13(18-12)11-3-1-2-10(8-11)4-7-14(16)17/h1-3,5-6,8-9H,(H,16,17). The average Bonchev–Trinajstić information content (AvgIpc) is 2.85. The van der Waals surface area contributed by atoms with Crippen LogP contribution in [0.25, 0.3) is 11.3 Å². The molecule has 0 radical (unpaired) electrons. The van der Waals surface area contributed by atoms with E-state index in [1.165, 1.54) is 0 Å². The van der Waals surface area contributed by atoms with Crippen LogP contribution in [-0.2, 0) is 4.79 Å². The third-order valence-corrected chi connectivity index (χ3v) is 2.20. The molecule has 0 saturated carbocycles. The molecular weight excluding hydrogens is 232 g/mol. The van der Waals surface area contributed by atoms with Gasteiger partial charge >= 0.3 is 5.97 Å². The molecule has 88 valence electrons. The molecule has 4 heteroatoms. The Morgan fingerprint density at radius 1 is 1.28 bits per heavy atom. The Balaban J connectivity index is 2.35. The van der Waals surface area contributed by atoms with Crippen molar-refractivity contribution >= 4 is 12.3 Å². The van der Waals surface area contributed by atoms with Crippen molar-refractivity contribution in [2.24, 2.45) is 0 Å².